The van der Waals surface area contributed by atoms with Crippen molar-refractivity contribution in [2.45, 2.75) is 10.9 Å². The standard InChI is InChI=1S/C15H10Cl2N6OS2/c16-8-3-4-10(17)9(6-8)14-20-21-15(23(14)18)26-7-12-19-13(22-24-12)11-2-1-5-25-11/h1-6H,7,18H2. The van der Waals surface area contributed by atoms with Gasteiger partial charge in [-0.15, -0.1) is 21.5 Å². The van der Waals surface area contributed by atoms with Crippen molar-refractivity contribution in [3.8, 4) is 22.1 Å². The molecule has 0 radical (unpaired) electrons. The molecular weight excluding hydrogens is 415 g/mol. The largest absolute Gasteiger partial charge is 0.338 e. The number of thiophene rings is 1. The van der Waals surface area contributed by atoms with Crippen LogP contribution in [-0.2, 0) is 5.75 Å². The van der Waals surface area contributed by atoms with E-state index in [1.807, 2.05) is 17.5 Å². The van der Waals surface area contributed by atoms with Crippen LogP contribution < -0.4 is 5.84 Å². The third-order valence-electron chi connectivity index (χ3n) is 3.37. The van der Waals surface area contributed by atoms with Crippen molar-refractivity contribution in [3.05, 3.63) is 51.6 Å². The molecule has 0 saturated heterocycles. The highest BCUT2D eigenvalue weighted by atomic mass is 35.5. The minimum Gasteiger partial charge on any atom is -0.338 e. The number of thioether (sulfide) groups is 1. The normalized spacial score (nSPS) is 11.2. The Bertz CT molecular complexity index is 1050. The molecule has 3 heterocycles. The highest BCUT2D eigenvalue weighted by Crippen LogP contribution is 2.31. The summed E-state index contributed by atoms with van der Waals surface area (Å²) in [5, 5.41) is 15.6. The summed E-state index contributed by atoms with van der Waals surface area (Å²) in [6.45, 7) is 0. The van der Waals surface area contributed by atoms with Crippen molar-refractivity contribution in [1.82, 2.24) is 25.0 Å². The Balaban J connectivity index is 1.51. The second-order valence-electron chi connectivity index (χ2n) is 5.08. The number of halogens is 2. The van der Waals surface area contributed by atoms with Crippen LogP contribution in [0.15, 0.2) is 45.4 Å². The van der Waals surface area contributed by atoms with E-state index in [0.29, 0.717) is 44.1 Å². The molecule has 0 bridgehead atoms. The van der Waals surface area contributed by atoms with E-state index in [2.05, 4.69) is 20.3 Å². The smallest absolute Gasteiger partial charge is 0.237 e. The molecule has 7 nitrogen and oxygen atoms in total. The van der Waals surface area contributed by atoms with E-state index in [-0.39, 0.29) is 0 Å². The fourth-order valence-corrected chi connectivity index (χ4v) is 3.89. The molecule has 132 valence electrons. The van der Waals surface area contributed by atoms with Gasteiger partial charge in [0.2, 0.25) is 16.9 Å². The van der Waals surface area contributed by atoms with Gasteiger partial charge in [-0.05, 0) is 29.6 Å². The lowest BCUT2D eigenvalue weighted by molar-refractivity contribution is 0.391. The van der Waals surface area contributed by atoms with Gasteiger partial charge >= 0.3 is 0 Å². The Morgan fingerprint density at radius 1 is 1.23 bits per heavy atom. The summed E-state index contributed by atoms with van der Waals surface area (Å²) in [4.78, 5) is 5.31. The minimum atomic E-state index is 0.414. The molecule has 0 unspecified atom stereocenters. The molecular formula is C15H10Cl2N6OS2. The van der Waals surface area contributed by atoms with Gasteiger partial charge < -0.3 is 10.4 Å². The van der Waals surface area contributed by atoms with Gasteiger partial charge in [-0.2, -0.15) is 4.98 Å². The maximum absolute atomic E-state index is 6.20. The zero-order valence-electron chi connectivity index (χ0n) is 13.0. The van der Waals surface area contributed by atoms with Gasteiger partial charge in [-0.25, -0.2) is 4.68 Å². The molecule has 0 aliphatic heterocycles. The number of hydrogen-bond acceptors (Lipinski definition) is 8. The molecule has 1 aromatic carbocycles. The molecule has 4 aromatic rings. The lowest BCUT2D eigenvalue weighted by Crippen LogP contribution is -2.11. The number of nitrogens with zero attached hydrogens (tertiary/aromatic N) is 5. The minimum absolute atomic E-state index is 0.414. The fraction of sp³-hybridized carbons (Fsp3) is 0.0667. The van der Waals surface area contributed by atoms with E-state index < -0.39 is 0 Å². The summed E-state index contributed by atoms with van der Waals surface area (Å²) in [5.41, 5.74) is 0.610. The van der Waals surface area contributed by atoms with E-state index in [1.165, 1.54) is 16.4 Å². The number of rotatable bonds is 5. The van der Waals surface area contributed by atoms with Gasteiger partial charge in [0.15, 0.2) is 5.82 Å². The van der Waals surface area contributed by atoms with E-state index in [0.717, 1.165) is 4.88 Å². The van der Waals surface area contributed by atoms with Crippen LogP contribution in [0.5, 0.6) is 0 Å². The van der Waals surface area contributed by atoms with E-state index in [4.69, 9.17) is 33.6 Å². The van der Waals surface area contributed by atoms with Crippen molar-refractivity contribution in [2.75, 3.05) is 5.84 Å². The zero-order chi connectivity index (χ0) is 18.1. The van der Waals surface area contributed by atoms with Crippen molar-refractivity contribution < 1.29 is 4.52 Å². The van der Waals surface area contributed by atoms with Crippen LogP contribution in [0.3, 0.4) is 0 Å². The van der Waals surface area contributed by atoms with E-state index in [1.54, 1.807) is 29.5 Å². The predicted octanol–water partition coefficient (Wildman–Crippen LogP) is 4.37. The summed E-state index contributed by atoms with van der Waals surface area (Å²) < 4.78 is 6.62. The van der Waals surface area contributed by atoms with Gasteiger partial charge in [0.05, 0.1) is 15.7 Å². The van der Waals surface area contributed by atoms with Crippen molar-refractivity contribution in [1.29, 1.82) is 0 Å². The Kier molecular flexibility index (Phi) is 4.86. The van der Waals surface area contributed by atoms with Crippen LogP contribution in [0.25, 0.3) is 22.1 Å². The molecule has 2 N–H and O–H groups in total. The van der Waals surface area contributed by atoms with Crippen LogP contribution in [0, 0.1) is 0 Å². The third-order valence-corrected chi connectivity index (χ3v) is 5.73. The number of aromatic nitrogens is 5. The zero-order valence-corrected chi connectivity index (χ0v) is 16.1. The molecule has 0 spiro atoms. The molecule has 0 atom stereocenters. The highest BCUT2D eigenvalue weighted by molar-refractivity contribution is 7.98. The van der Waals surface area contributed by atoms with Crippen LogP contribution in [-0.4, -0.2) is 25.0 Å². The van der Waals surface area contributed by atoms with E-state index >= 15 is 0 Å². The maximum Gasteiger partial charge on any atom is 0.237 e. The Morgan fingerprint density at radius 2 is 2.12 bits per heavy atom. The summed E-state index contributed by atoms with van der Waals surface area (Å²) in [6, 6.07) is 8.94. The summed E-state index contributed by atoms with van der Waals surface area (Å²) >= 11 is 15.1. The second kappa shape index (κ2) is 7.28. The maximum atomic E-state index is 6.20. The first-order valence-corrected chi connectivity index (χ1v) is 9.89. The van der Waals surface area contributed by atoms with Crippen LogP contribution in [0.2, 0.25) is 10.0 Å². The van der Waals surface area contributed by atoms with Crippen LogP contribution in [0.4, 0.5) is 0 Å². The first-order chi connectivity index (χ1) is 12.6. The fourth-order valence-electron chi connectivity index (χ4n) is 2.17. The predicted molar refractivity (Wildman–Crippen MR) is 103 cm³/mol. The molecule has 3 aromatic heterocycles. The monoisotopic (exact) mass is 424 g/mol. The topological polar surface area (TPSA) is 95.7 Å². The summed E-state index contributed by atoms with van der Waals surface area (Å²) in [6.07, 6.45) is 0. The van der Waals surface area contributed by atoms with Gasteiger partial charge in [-0.3, -0.25) is 0 Å². The molecule has 0 fully saturated rings. The van der Waals surface area contributed by atoms with Crippen LogP contribution >= 0.6 is 46.3 Å². The lowest BCUT2D eigenvalue weighted by atomic mass is 10.2. The van der Waals surface area contributed by atoms with Gasteiger partial charge in [0.25, 0.3) is 0 Å². The first kappa shape index (κ1) is 17.3. The molecule has 26 heavy (non-hydrogen) atoms. The van der Waals surface area contributed by atoms with Gasteiger partial charge in [-0.1, -0.05) is 46.2 Å². The number of nitrogen functional groups attached to an aromatic ring is 1. The molecule has 11 heteroatoms. The van der Waals surface area contributed by atoms with Gasteiger partial charge in [0.1, 0.15) is 0 Å². The molecule has 0 aliphatic carbocycles. The number of benzene rings is 1. The summed E-state index contributed by atoms with van der Waals surface area (Å²) in [5.74, 6) is 7.98. The molecule has 0 saturated carbocycles. The number of hydrogen-bond donors (Lipinski definition) is 1. The average Bonchev–Trinajstić information content (AvgIpc) is 3.36. The third kappa shape index (κ3) is 3.43. The average molecular weight is 425 g/mol. The van der Waals surface area contributed by atoms with Crippen molar-refractivity contribution in [2.24, 2.45) is 0 Å². The Morgan fingerprint density at radius 3 is 2.92 bits per heavy atom. The highest BCUT2D eigenvalue weighted by Gasteiger charge is 2.17. The van der Waals surface area contributed by atoms with Crippen LogP contribution in [0.1, 0.15) is 5.89 Å². The van der Waals surface area contributed by atoms with E-state index in [9.17, 15) is 0 Å². The quantitative estimate of drug-likeness (QED) is 0.375. The molecule has 0 aliphatic rings. The molecule has 0 amide bonds. The number of nitrogens with two attached hydrogens (primary N) is 1. The van der Waals surface area contributed by atoms with Gasteiger partial charge in [0, 0.05) is 10.6 Å². The first-order valence-electron chi connectivity index (χ1n) is 7.27. The second-order valence-corrected chi connectivity index (χ2v) is 7.81. The lowest BCUT2D eigenvalue weighted by Gasteiger charge is -2.05. The van der Waals surface area contributed by atoms with Crippen molar-refractivity contribution >= 4 is 46.3 Å². The Hall–Kier alpha value is -2.07. The van der Waals surface area contributed by atoms with Crippen molar-refractivity contribution in [3.63, 3.8) is 0 Å². The molecule has 4 rings (SSSR count). The Labute approximate surface area is 166 Å². The summed E-state index contributed by atoms with van der Waals surface area (Å²) in [7, 11) is 0. The SMILES string of the molecule is Nn1c(SCc2nc(-c3cccs3)no2)nnc1-c1cc(Cl)ccc1Cl.